The molecule has 4 nitrogen and oxygen atoms in total. The van der Waals surface area contributed by atoms with Crippen molar-refractivity contribution in [1.29, 1.82) is 0 Å². The predicted molar refractivity (Wildman–Crippen MR) is 67.9 cm³/mol. The Balaban J connectivity index is 2.87. The van der Waals surface area contributed by atoms with E-state index in [2.05, 4.69) is 0 Å². The molecule has 18 heavy (non-hydrogen) atoms. The monoisotopic (exact) mass is 256 g/mol. The first kappa shape index (κ1) is 15.0. The summed E-state index contributed by atoms with van der Waals surface area (Å²) in [7, 11) is 0. The number of carbonyl (C=O) groups is 2. The van der Waals surface area contributed by atoms with Crippen LogP contribution in [0.1, 0.15) is 52.9 Å². The van der Waals surface area contributed by atoms with Gasteiger partial charge in [-0.1, -0.05) is 26.2 Å². The van der Waals surface area contributed by atoms with Gasteiger partial charge in [-0.15, -0.1) is 0 Å². The van der Waals surface area contributed by atoms with E-state index in [1.807, 2.05) is 6.92 Å². The maximum Gasteiger partial charge on any atom is 0.320 e. The molecule has 1 aliphatic rings. The second kappa shape index (κ2) is 6.76. The third kappa shape index (κ3) is 3.47. The van der Waals surface area contributed by atoms with Crippen LogP contribution in [0.5, 0.6) is 0 Å². The average molecular weight is 256 g/mol. The zero-order valence-electron chi connectivity index (χ0n) is 11.7. The second-order valence-electron chi connectivity index (χ2n) is 5.15. The lowest BCUT2D eigenvalue weighted by Gasteiger charge is -2.37. The van der Waals surface area contributed by atoms with Crippen LogP contribution in [-0.2, 0) is 19.1 Å². The van der Waals surface area contributed by atoms with Crippen LogP contribution in [0.25, 0.3) is 0 Å². The number of hydrogen-bond donors (Lipinski definition) is 0. The number of ether oxygens (including phenoxy) is 2. The second-order valence-corrected chi connectivity index (χ2v) is 5.15. The van der Waals surface area contributed by atoms with Crippen LogP contribution in [0.4, 0.5) is 0 Å². The fourth-order valence-electron chi connectivity index (χ4n) is 2.76. The van der Waals surface area contributed by atoms with E-state index in [4.69, 9.17) is 9.47 Å². The smallest absolute Gasteiger partial charge is 0.320 e. The van der Waals surface area contributed by atoms with Crippen LogP contribution in [0.2, 0.25) is 0 Å². The first-order valence-electron chi connectivity index (χ1n) is 6.88. The molecular weight excluding hydrogens is 232 g/mol. The van der Waals surface area contributed by atoms with Gasteiger partial charge in [-0.2, -0.15) is 0 Å². The summed E-state index contributed by atoms with van der Waals surface area (Å²) in [5, 5.41) is 0. The topological polar surface area (TPSA) is 52.6 Å². The molecule has 0 spiro atoms. The maximum atomic E-state index is 12.0. The van der Waals surface area contributed by atoms with E-state index in [9.17, 15) is 9.59 Å². The summed E-state index contributed by atoms with van der Waals surface area (Å²) >= 11 is 0. The number of hydrogen-bond acceptors (Lipinski definition) is 4. The van der Waals surface area contributed by atoms with Crippen molar-refractivity contribution in [2.45, 2.75) is 52.9 Å². The van der Waals surface area contributed by atoms with Crippen LogP contribution < -0.4 is 0 Å². The Bertz CT molecular complexity index is 274. The minimum Gasteiger partial charge on any atom is -0.465 e. The van der Waals surface area contributed by atoms with Gasteiger partial charge in [-0.3, -0.25) is 9.59 Å². The van der Waals surface area contributed by atoms with Crippen molar-refractivity contribution in [2.24, 2.45) is 11.3 Å². The van der Waals surface area contributed by atoms with Gasteiger partial charge in [0.1, 0.15) is 0 Å². The van der Waals surface area contributed by atoms with Gasteiger partial charge in [0.05, 0.1) is 13.2 Å². The van der Waals surface area contributed by atoms with E-state index in [0.717, 1.165) is 25.7 Å². The van der Waals surface area contributed by atoms with Crippen molar-refractivity contribution in [3.63, 3.8) is 0 Å². The van der Waals surface area contributed by atoms with Gasteiger partial charge in [0.25, 0.3) is 0 Å². The highest BCUT2D eigenvalue weighted by Crippen LogP contribution is 2.43. The molecule has 0 radical (unpaired) electrons. The Hall–Kier alpha value is -1.06. The van der Waals surface area contributed by atoms with Crippen LogP contribution in [0.3, 0.4) is 0 Å². The number of rotatable bonds is 5. The molecule has 104 valence electrons. The summed E-state index contributed by atoms with van der Waals surface area (Å²) < 4.78 is 10.1. The van der Waals surface area contributed by atoms with E-state index in [1.165, 1.54) is 6.42 Å². The molecule has 0 N–H and O–H groups in total. The molecule has 0 aromatic carbocycles. The molecule has 1 aliphatic carbocycles. The molecule has 1 rings (SSSR count). The predicted octanol–water partition coefficient (Wildman–Crippen LogP) is 2.70. The fourth-order valence-corrected chi connectivity index (χ4v) is 2.76. The van der Waals surface area contributed by atoms with Gasteiger partial charge in [0.15, 0.2) is 5.92 Å². The molecule has 0 heterocycles. The highest BCUT2D eigenvalue weighted by molar-refractivity contribution is 5.95. The Morgan fingerprint density at radius 3 is 1.83 bits per heavy atom. The van der Waals surface area contributed by atoms with Crippen molar-refractivity contribution in [2.75, 3.05) is 13.2 Å². The first-order valence-corrected chi connectivity index (χ1v) is 6.88. The van der Waals surface area contributed by atoms with Crippen molar-refractivity contribution in [1.82, 2.24) is 0 Å². The molecule has 0 unspecified atom stereocenters. The SMILES string of the molecule is CCOC(=O)C(C(=O)OCC)C1(C)CCCCC1. The van der Waals surface area contributed by atoms with Crippen molar-refractivity contribution >= 4 is 11.9 Å². The summed E-state index contributed by atoms with van der Waals surface area (Å²) in [5.41, 5.74) is -0.309. The fraction of sp³-hybridized carbons (Fsp3) is 0.857. The maximum absolute atomic E-state index is 12.0. The molecule has 0 atom stereocenters. The summed E-state index contributed by atoms with van der Waals surface area (Å²) in [6.07, 6.45) is 5.07. The summed E-state index contributed by atoms with van der Waals surface area (Å²) in [6, 6.07) is 0. The van der Waals surface area contributed by atoms with Gasteiger partial charge >= 0.3 is 11.9 Å². The quantitative estimate of drug-likeness (QED) is 0.560. The number of carbonyl (C=O) groups excluding carboxylic acids is 2. The lowest BCUT2D eigenvalue weighted by molar-refractivity contribution is -0.169. The highest BCUT2D eigenvalue weighted by Gasteiger charge is 2.46. The van der Waals surface area contributed by atoms with Gasteiger partial charge in [-0.05, 0) is 32.1 Å². The average Bonchev–Trinajstić information content (AvgIpc) is 2.30. The standard InChI is InChI=1S/C14H24O4/c1-4-17-12(15)11(13(16)18-5-2)14(3)9-7-6-8-10-14/h11H,4-10H2,1-3H3. The molecule has 4 heteroatoms. The molecule has 1 saturated carbocycles. The Morgan fingerprint density at radius 2 is 1.44 bits per heavy atom. The zero-order chi connectivity index (χ0) is 13.6. The molecule has 0 aliphatic heterocycles. The molecular formula is C14H24O4. The van der Waals surface area contributed by atoms with E-state index in [1.54, 1.807) is 13.8 Å². The summed E-state index contributed by atoms with van der Waals surface area (Å²) in [5.74, 6) is -1.63. The van der Waals surface area contributed by atoms with Crippen LogP contribution in [0.15, 0.2) is 0 Å². The largest absolute Gasteiger partial charge is 0.465 e. The van der Waals surface area contributed by atoms with Crippen molar-refractivity contribution in [3.05, 3.63) is 0 Å². The Kier molecular flexibility index (Phi) is 5.63. The van der Waals surface area contributed by atoms with Crippen molar-refractivity contribution in [3.8, 4) is 0 Å². The summed E-state index contributed by atoms with van der Waals surface area (Å²) in [4.78, 5) is 24.1. The van der Waals surface area contributed by atoms with Crippen LogP contribution >= 0.6 is 0 Å². The zero-order valence-corrected chi connectivity index (χ0v) is 11.7. The van der Waals surface area contributed by atoms with Gasteiger partial charge in [0, 0.05) is 0 Å². The number of esters is 2. The highest BCUT2D eigenvalue weighted by atomic mass is 16.6. The van der Waals surface area contributed by atoms with Gasteiger partial charge in [-0.25, -0.2) is 0 Å². The molecule has 0 aromatic rings. The third-order valence-corrected chi connectivity index (χ3v) is 3.74. The molecule has 0 aromatic heterocycles. The van der Waals surface area contributed by atoms with E-state index in [-0.39, 0.29) is 5.41 Å². The Morgan fingerprint density at radius 1 is 1.00 bits per heavy atom. The normalized spacial score (nSPS) is 18.4. The van der Waals surface area contributed by atoms with Gasteiger partial charge < -0.3 is 9.47 Å². The molecule has 0 bridgehead atoms. The van der Waals surface area contributed by atoms with E-state index in [0.29, 0.717) is 13.2 Å². The van der Waals surface area contributed by atoms with Gasteiger partial charge in [0.2, 0.25) is 0 Å². The summed E-state index contributed by atoms with van der Waals surface area (Å²) in [6.45, 7) is 6.10. The van der Waals surface area contributed by atoms with E-state index >= 15 is 0 Å². The first-order chi connectivity index (χ1) is 8.55. The van der Waals surface area contributed by atoms with Crippen molar-refractivity contribution < 1.29 is 19.1 Å². The minimum absolute atomic E-state index is 0.296. The third-order valence-electron chi connectivity index (χ3n) is 3.74. The lowest BCUT2D eigenvalue weighted by atomic mass is 9.67. The lowest BCUT2D eigenvalue weighted by Crippen LogP contribution is -2.42. The Labute approximate surface area is 109 Å². The molecule has 0 amide bonds. The van der Waals surface area contributed by atoms with Crippen LogP contribution in [-0.4, -0.2) is 25.2 Å². The van der Waals surface area contributed by atoms with E-state index < -0.39 is 17.9 Å². The minimum atomic E-state index is -0.766. The molecule has 1 fully saturated rings. The molecule has 0 saturated heterocycles. The van der Waals surface area contributed by atoms with Crippen LogP contribution in [0, 0.1) is 11.3 Å².